The summed E-state index contributed by atoms with van der Waals surface area (Å²) in [5, 5.41) is 7.34. The van der Waals surface area contributed by atoms with Crippen molar-refractivity contribution in [3.63, 3.8) is 0 Å². The van der Waals surface area contributed by atoms with Crippen molar-refractivity contribution in [1.82, 2.24) is 9.88 Å². The number of piperazine rings is 1. The molecule has 1 aromatic heterocycles. The molecule has 1 aliphatic heterocycles. The first-order valence-electron chi connectivity index (χ1n) is 11.4. The number of carbonyl (C=O) groups is 3. The summed E-state index contributed by atoms with van der Waals surface area (Å²) in [6, 6.07) is 13.3. The Balaban J connectivity index is 1.21. The average molecular weight is 528 g/mol. The van der Waals surface area contributed by atoms with Gasteiger partial charge in [-0.25, -0.2) is 9.37 Å². The molecule has 2 aromatic carbocycles. The second-order valence-corrected chi connectivity index (χ2v) is 10.3. The Kier molecular flexibility index (Phi) is 8.55. The maximum atomic E-state index is 13.1. The summed E-state index contributed by atoms with van der Waals surface area (Å²) in [6.07, 6.45) is 0.218. The second kappa shape index (κ2) is 12.0. The smallest absolute Gasteiger partial charge is 0.234 e. The van der Waals surface area contributed by atoms with Gasteiger partial charge in [0.1, 0.15) is 5.82 Å². The third-order valence-corrected chi connectivity index (χ3v) is 7.55. The van der Waals surface area contributed by atoms with Gasteiger partial charge in [-0.2, -0.15) is 0 Å². The molecule has 0 unspecified atom stereocenters. The molecular weight excluding hydrogens is 501 g/mol. The fraction of sp³-hybridized carbons (Fsp3) is 0.280. The number of nitrogens with one attached hydrogen (secondary N) is 2. The van der Waals surface area contributed by atoms with Gasteiger partial charge in [0.2, 0.25) is 17.7 Å². The van der Waals surface area contributed by atoms with Crippen molar-refractivity contribution in [2.75, 3.05) is 47.5 Å². The molecular formula is C25H26FN5O3S2. The highest BCUT2D eigenvalue weighted by Gasteiger charge is 2.22. The van der Waals surface area contributed by atoms with Crippen molar-refractivity contribution in [2.45, 2.75) is 17.7 Å². The molecule has 36 heavy (non-hydrogen) atoms. The van der Waals surface area contributed by atoms with Gasteiger partial charge in [0, 0.05) is 55.5 Å². The highest BCUT2D eigenvalue weighted by molar-refractivity contribution is 8.01. The largest absolute Gasteiger partial charge is 0.368 e. The van der Waals surface area contributed by atoms with Crippen LogP contribution in [-0.2, 0) is 20.8 Å². The third-order valence-electron chi connectivity index (χ3n) is 5.48. The summed E-state index contributed by atoms with van der Waals surface area (Å²) in [5.74, 6) is -0.433. The fourth-order valence-electron chi connectivity index (χ4n) is 3.77. The monoisotopic (exact) mass is 527 g/mol. The molecule has 1 saturated heterocycles. The Hall–Kier alpha value is -3.44. The van der Waals surface area contributed by atoms with Crippen LogP contribution in [0, 0.1) is 5.82 Å². The number of carbonyl (C=O) groups excluding carboxylic acids is 3. The minimum absolute atomic E-state index is 0.0207. The van der Waals surface area contributed by atoms with Crippen molar-refractivity contribution in [1.29, 1.82) is 0 Å². The second-order valence-electron chi connectivity index (χ2n) is 8.22. The van der Waals surface area contributed by atoms with Crippen LogP contribution in [0.3, 0.4) is 0 Å². The van der Waals surface area contributed by atoms with E-state index in [0.29, 0.717) is 43.2 Å². The molecule has 1 aliphatic rings. The van der Waals surface area contributed by atoms with Crippen molar-refractivity contribution in [2.24, 2.45) is 0 Å². The molecule has 2 N–H and O–H groups in total. The summed E-state index contributed by atoms with van der Waals surface area (Å²) in [6.45, 7) is 4.02. The normalized spacial score (nSPS) is 13.4. The molecule has 8 nitrogen and oxygen atoms in total. The number of hydrogen-bond acceptors (Lipinski definition) is 7. The van der Waals surface area contributed by atoms with Crippen molar-refractivity contribution in [3.8, 4) is 0 Å². The number of amides is 3. The molecule has 11 heteroatoms. The van der Waals surface area contributed by atoms with E-state index < -0.39 is 0 Å². The number of thioether (sulfide) groups is 1. The molecule has 0 aliphatic carbocycles. The lowest BCUT2D eigenvalue weighted by Gasteiger charge is -2.36. The van der Waals surface area contributed by atoms with Crippen molar-refractivity contribution >= 4 is 57.9 Å². The molecule has 3 aromatic rings. The van der Waals surface area contributed by atoms with E-state index in [2.05, 4.69) is 20.5 Å². The predicted octanol–water partition coefficient (Wildman–Crippen LogP) is 3.86. The van der Waals surface area contributed by atoms with E-state index in [9.17, 15) is 18.8 Å². The Bertz CT molecular complexity index is 1230. The summed E-state index contributed by atoms with van der Waals surface area (Å²) in [4.78, 5) is 44.8. The van der Waals surface area contributed by atoms with E-state index in [1.165, 1.54) is 42.2 Å². The zero-order valence-corrected chi connectivity index (χ0v) is 21.3. The Morgan fingerprint density at radius 1 is 1.03 bits per heavy atom. The van der Waals surface area contributed by atoms with Crippen LogP contribution in [-0.4, -0.2) is 59.5 Å². The van der Waals surface area contributed by atoms with E-state index in [-0.39, 0.29) is 35.7 Å². The lowest BCUT2D eigenvalue weighted by Crippen LogP contribution is -2.49. The lowest BCUT2D eigenvalue weighted by molar-refractivity contribution is -0.130. The molecule has 0 saturated carbocycles. The van der Waals surface area contributed by atoms with E-state index in [4.69, 9.17) is 0 Å². The van der Waals surface area contributed by atoms with Gasteiger partial charge in [0.25, 0.3) is 0 Å². The molecule has 188 valence electrons. The number of halogens is 1. The first-order chi connectivity index (χ1) is 17.4. The molecule has 0 radical (unpaired) electrons. The van der Waals surface area contributed by atoms with E-state index in [1.54, 1.807) is 36.4 Å². The number of rotatable bonds is 8. The number of nitrogens with zero attached hydrogens (tertiary/aromatic N) is 3. The van der Waals surface area contributed by atoms with Crippen LogP contribution in [0.2, 0.25) is 0 Å². The first kappa shape index (κ1) is 25.6. The minimum atomic E-state index is -0.262. The van der Waals surface area contributed by atoms with E-state index >= 15 is 0 Å². The molecule has 2 heterocycles. The number of aromatic nitrogens is 1. The van der Waals surface area contributed by atoms with Crippen LogP contribution in [0.5, 0.6) is 0 Å². The highest BCUT2D eigenvalue weighted by Crippen LogP contribution is 2.24. The maximum absolute atomic E-state index is 13.1. The predicted molar refractivity (Wildman–Crippen MR) is 141 cm³/mol. The number of hydrogen-bond donors (Lipinski definition) is 2. The van der Waals surface area contributed by atoms with Crippen LogP contribution in [0.15, 0.2) is 58.3 Å². The maximum Gasteiger partial charge on any atom is 0.234 e. The summed E-state index contributed by atoms with van der Waals surface area (Å²) in [5.41, 5.74) is 2.85. The number of benzene rings is 2. The zero-order valence-electron chi connectivity index (χ0n) is 19.7. The summed E-state index contributed by atoms with van der Waals surface area (Å²) < 4.78 is 13.9. The lowest BCUT2D eigenvalue weighted by atomic mass is 10.2. The fourth-order valence-corrected chi connectivity index (χ4v) is 5.42. The van der Waals surface area contributed by atoms with Gasteiger partial charge in [-0.3, -0.25) is 14.4 Å². The van der Waals surface area contributed by atoms with Crippen LogP contribution < -0.4 is 15.5 Å². The van der Waals surface area contributed by atoms with Crippen LogP contribution >= 0.6 is 23.1 Å². The topological polar surface area (TPSA) is 94.6 Å². The van der Waals surface area contributed by atoms with Gasteiger partial charge in [0.15, 0.2) is 4.34 Å². The average Bonchev–Trinajstić information content (AvgIpc) is 3.30. The Morgan fingerprint density at radius 3 is 2.42 bits per heavy atom. The van der Waals surface area contributed by atoms with E-state index in [1.807, 2.05) is 10.3 Å². The van der Waals surface area contributed by atoms with Gasteiger partial charge in [-0.05, 0) is 42.5 Å². The van der Waals surface area contributed by atoms with Gasteiger partial charge >= 0.3 is 0 Å². The van der Waals surface area contributed by atoms with Gasteiger partial charge in [0.05, 0.1) is 17.9 Å². The number of anilines is 3. The highest BCUT2D eigenvalue weighted by atomic mass is 32.2. The standard InChI is InChI=1S/C25H26FN5O3S2/c1-17(32)27-19-3-2-4-20(13-19)28-23(33)16-36-25-29-21(15-35-25)14-24(34)31-11-9-30(10-12-31)22-7-5-18(26)6-8-22/h2-8,13,15H,9-12,14,16H2,1H3,(H,27,32)(H,28,33). The van der Waals surface area contributed by atoms with Gasteiger partial charge in [-0.15, -0.1) is 11.3 Å². The van der Waals surface area contributed by atoms with Crippen LogP contribution in [0.1, 0.15) is 12.6 Å². The minimum Gasteiger partial charge on any atom is -0.368 e. The SMILES string of the molecule is CC(=O)Nc1cccc(NC(=O)CSc2nc(CC(=O)N3CCN(c4ccc(F)cc4)CC3)cs2)c1. The van der Waals surface area contributed by atoms with Crippen molar-refractivity contribution in [3.05, 3.63) is 65.4 Å². The first-order valence-corrected chi connectivity index (χ1v) is 13.3. The molecule has 0 atom stereocenters. The molecule has 0 spiro atoms. The van der Waals surface area contributed by atoms with Crippen LogP contribution in [0.4, 0.5) is 21.5 Å². The van der Waals surface area contributed by atoms with Crippen molar-refractivity contribution < 1.29 is 18.8 Å². The quantitative estimate of drug-likeness (QED) is 0.432. The zero-order chi connectivity index (χ0) is 25.5. The van der Waals surface area contributed by atoms with Crippen LogP contribution in [0.25, 0.3) is 0 Å². The number of thiazole rings is 1. The van der Waals surface area contributed by atoms with Gasteiger partial charge < -0.3 is 20.4 Å². The van der Waals surface area contributed by atoms with E-state index in [0.717, 1.165) is 10.0 Å². The molecule has 0 bridgehead atoms. The Labute approximate surface area is 216 Å². The summed E-state index contributed by atoms with van der Waals surface area (Å²) >= 11 is 2.72. The Morgan fingerprint density at radius 2 is 1.72 bits per heavy atom. The summed E-state index contributed by atoms with van der Waals surface area (Å²) in [7, 11) is 0. The van der Waals surface area contributed by atoms with Gasteiger partial charge in [-0.1, -0.05) is 17.8 Å². The third kappa shape index (κ3) is 7.28. The molecule has 1 fully saturated rings. The molecule has 3 amide bonds. The molecule has 4 rings (SSSR count).